The Labute approximate surface area is 155 Å². The molecule has 136 valence electrons. The van der Waals surface area contributed by atoms with Crippen LogP contribution in [0.1, 0.15) is 12.5 Å². The van der Waals surface area contributed by atoms with Crippen molar-refractivity contribution >= 4 is 17.7 Å². The molecule has 0 bridgehead atoms. The highest BCUT2D eigenvalue weighted by molar-refractivity contribution is 8.00. The maximum atomic E-state index is 12.4. The van der Waals surface area contributed by atoms with Crippen molar-refractivity contribution in [2.45, 2.75) is 23.6 Å². The first-order chi connectivity index (χ1) is 12.7. The van der Waals surface area contributed by atoms with Crippen LogP contribution >= 0.6 is 11.8 Å². The number of fused-ring (bicyclic) bond motifs is 2. The molecule has 26 heavy (non-hydrogen) atoms. The van der Waals surface area contributed by atoms with Crippen LogP contribution in [0.5, 0.6) is 23.0 Å². The first kappa shape index (κ1) is 16.9. The molecule has 2 aliphatic rings. The summed E-state index contributed by atoms with van der Waals surface area (Å²) in [5, 5.41) is 2.73. The number of thioether (sulfide) groups is 1. The average molecular weight is 373 g/mol. The molecule has 0 aliphatic carbocycles. The molecule has 0 unspecified atom stereocenters. The minimum Gasteiger partial charge on any atom is -0.486 e. The van der Waals surface area contributed by atoms with E-state index in [9.17, 15) is 4.79 Å². The van der Waals surface area contributed by atoms with E-state index in [4.69, 9.17) is 18.9 Å². The Morgan fingerprint density at radius 3 is 2.58 bits per heavy atom. The summed E-state index contributed by atoms with van der Waals surface area (Å²) in [5.74, 6) is 2.91. The quantitative estimate of drug-likeness (QED) is 0.813. The molecule has 0 radical (unpaired) electrons. The van der Waals surface area contributed by atoms with Gasteiger partial charge in [-0.15, -0.1) is 11.8 Å². The van der Waals surface area contributed by atoms with Gasteiger partial charge in [-0.2, -0.15) is 0 Å². The van der Waals surface area contributed by atoms with E-state index in [1.807, 2.05) is 43.3 Å². The summed E-state index contributed by atoms with van der Waals surface area (Å²) < 4.78 is 21.8. The van der Waals surface area contributed by atoms with Crippen LogP contribution in [-0.4, -0.2) is 31.2 Å². The van der Waals surface area contributed by atoms with E-state index < -0.39 is 0 Å². The van der Waals surface area contributed by atoms with Gasteiger partial charge in [0, 0.05) is 11.4 Å². The summed E-state index contributed by atoms with van der Waals surface area (Å²) in [6.07, 6.45) is 0. The van der Waals surface area contributed by atoms with Gasteiger partial charge in [-0.3, -0.25) is 4.79 Å². The van der Waals surface area contributed by atoms with Gasteiger partial charge in [0.25, 0.3) is 0 Å². The Morgan fingerprint density at radius 1 is 1.00 bits per heavy atom. The predicted molar refractivity (Wildman–Crippen MR) is 97.2 cm³/mol. The topological polar surface area (TPSA) is 66.0 Å². The summed E-state index contributed by atoms with van der Waals surface area (Å²) in [6, 6.07) is 11.4. The van der Waals surface area contributed by atoms with Gasteiger partial charge in [0.2, 0.25) is 12.7 Å². The average Bonchev–Trinajstić information content (AvgIpc) is 3.13. The second-order valence-corrected chi connectivity index (χ2v) is 7.39. The van der Waals surface area contributed by atoms with Crippen molar-refractivity contribution in [2.24, 2.45) is 0 Å². The lowest BCUT2D eigenvalue weighted by Gasteiger charge is -2.19. The Hall–Kier alpha value is -2.54. The molecule has 0 fully saturated rings. The van der Waals surface area contributed by atoms with Crippen molar-refractivity contribution in [3.8, 4) is 23.0 Å². The van der Waals surface area contributed by atoms with Gasteiger partial charge in [0.1, 0.15) is 13.2 Å². The van der Waals surface area contributed by atoms with Gasteiger partial charge < -0.3 is 24.3 Å². The van der Waals surface area contributed by atoms with Crippen LogP contribution in [0.4, 0.5) is 0 Å². The molecule has 2 aromatic rings. The van der Waals surface area contributed by atoms with Gasteiger partial charge in [-0.05, 0) is 42.8 Å². The van der Waals surface area contributed by atoms with E-state index in [1.165, 1.54) is 11.8 Å². The summed E-state index contributed by atoms with van der Waals surface area (Å²) in [5.41, 5.74) is 0.971. The summed E-state index contributed by atoms with van der Waals surface area (Å²) in [7, 11) is 0. The molecular weight excluding hydrogens is 354 g/mol. The minimum absolute atomic E-state index is 0.0254. The second-order valence-electron chi connectivity index (χ2n) is 5.97. The number of hydrogen-bond donors (Lipinski definition) is 1. The lowest BCUT2D eigenvalue weighted by atomic mass is 10.2. The Morgan fingerprint density at radius 2 is 1.69 bits per heavy atom. The molecule has 1 amide bonds. The smallest absolute Gasteiger partial charge is 0.233 e. The van der Waals surface area contributed by atoms with Crippen LogP contribution in [0, 0.1) is 0 Å². The van der Waals surface area contributed by atoms with Crippen molar-refractivity contribution in [1.29, 1.82) is 0 Å². The highest BCUT2D eigenvalue weighted by Gasteiger charge is 2.18. The molecule has 0 spiro atoms. The molecule has 2 heterocycles. The molecule has 0 aromatic heterocycles. The maximum Gasteiger partial charge on any atom is 0.233 e. The molecule has 2 aliphatic heterocycles. The molecule has 6 nitrogen and oxygen atoms in total. The zero-order valence-corrected chi connectivity index (χ0v) is 15.1. The van der Waals surface area contributed by atoms with Crippen molar-refractivity contribution in [3.63, 3.8) is 0 Å². The molecule has 0 saturated carbocycles. The van der Waals surface area contributed by atoms with Gasteiger partial charge in [0.05, 0.1) is 5.25 Å². The highest BCUT2D eigenvalue weighted by atomic mass is 32.2. The van der Waals surface area contributed by atoms with E-state index in [2.05, 4.69) is 5.32 Å². The van der Waals surface area contributed by atoms with Crippen LogP contribution in [0.25, 0.3) is 0 Å². The maximum absolute atomic E-state index is 12.4. The molecule has 1 N–H and O–H groups in total. The van der Waals surface area contributed by atoms with Gasteiger partial charge >= 0.3 is 0 Å². The third-order valence-electron chi connectivity index (χ3n) is 4.10. The first-order valence-corrected chi connectivity index (χ1v) is 9.29. The molecule has 0 saturated heterocycles. The fraction of sp³-hybridized carbons (Fsp3) is 0.316. The summed E-state index contributed by atoms with van der Waals surface area (Å²) in [4.78, 5) is 13.4. The predicted octanol–water partition coefficient (Wildman–Crippen LogP) is 2.98. The van der Waals surface area contributed by atoms with Crippen molar-refractivity contribution in [1.82, 2.24) is 5.32 Å². The second kappa shape index (κ2) is 7.37. The van der Waals surface area contributed by atoms with Crippen LogP contribution in [0.2, 0.25) is 0 Å². The van der Waals surface area contributed by atoms with Crippen LogP contribution in [0.3, 0.4) is 0 Å². The first-order valence-electron chi connectivity index (χ1n) is 8.41. The zero-order valence-electron chi connectivity index (χ0n) is 14.3. The number of amides is 1. The summed E-state index contributed by atoms with van der Waals surface area (Å²) in [6.45, 7) is 3.69. The Bertz CT molecular complexity index is 826. The highest BCUT2D eigenvalue weighted by Crippen LogP contribution is 2.35. The monoisotopic (exact) mass is 373 g/mol. The van der Waals surface area contributed by atoms with E-state index in [-0.39, 0.29) is 18.0 Å². The number of rotatable bonds is 5. The number of benzene rings is 2. The number of ether oxygens (including phenoxy) is 4. The van der Waals surface area contributed by atoms with E-state index in [0.29, 0.717) is 19.8 Å². The molecular formula is C19H19NO5S. The van der Waals surface area contributed by atoms with Gasteiger partial charge in [0.15, 0.2) is 23.0 Å². The minimum atomic E-state index is -0.230. The fourth-order valence-electron chi connectivity index (χ4n) is 2.74. The Balaban J connectivity index is 1.33. The number of nitrogens with one attached hydrogen (secondary N) is 1. The van der Waals surface area contributed by atoms with Crippen molar-refractivity contribution in [2.75, 3.05) is 20.0 Å². The normalized spacial score (nSPS) is 15.4. The van der Waals surface area contributed by atoms with Crippen LogP contribution in [0.15, 0.2) is 41.3 Å². The van der Waals surface area contributed by atoms with Gasteiger partial charge in [-0.1, -0.05) is 6.07 Å². The van der Waals surface area contributed by atoms with Crippen LogP contribution in [-0.2, 0) is 11.3 Å². The lowest BCUT2D eigenvalue weighted by Crippen LogP contribution is -2.30. The van der Waals surface area contributed by atoms with Gasteiger partial charge in [-0.25, -0.2) is 0 Å². The number of hydrogen-bond acceptors (Lipinski definition) is 6. The molecule has 7 heteroatoms. The van der Waals surface area contributed by atoms with E-state index in [1.54, 1.807) is 0 Å². The SMILES string of the molecule is C[C@H](Sc1ccc2c(c1)OCCO2)C(=O)NCc1ccc2c(c1)OCO2. The third-order valence-corrected chi connectivity index (χ3v) is 5.19. The van der Waals surface area contributed by atoms with Crippen molar-refractivity contribution < 1.29 is 23.7 Å². The third kappa shape index (κ3) is 3.67. The fourth-order valence-corrected chi connectivity index (χ4v) is 3.66. The largest absolute Gasteiger partial charge is 0.486 e. The Kier molecular flexibility index (Phi) is 4.79. The van der Waals surface area contributed by atoms with Crippen molar-refractivity contribution in [3.05, 3.63) is 42.0 Å². The van der Waals surface area contributed by atoms with E-state index >= 15 is 0 Å². The molecule has 4 rings (SSSR count). The standard InChI is InChI=1S/C19H19NO5S/c1-12(26-14-3-5-15-18(9-14)23-7-6-22-15)19(21)20-10-13-2-4-16-17(8-13)25-11-24-16/h2-5,8-9,12H,6-7,10-11H2,1H3,(H,20,21)/t12-/m0/s1. The van der Waals surface area contributed by atoms with Crippen LogP contribution < -0.4 is 24.3 Å². The molecule has 1 atom stereocenters. The van der Waals surface area contributed by atoms with E-state index in [0.717, 1.165) is 33.5 Å². The number of carbonyl (C=O) groups is 1. The molecule has 2 aromatic carbocycles. The lowest BCUT2D eigenvalue weighted by molar-refractivity contribution is -0.120. The zero-order chi connectivity index (χ0) is 17.9. The number of carbonyl (C=O) groups excluding carboxylic acids is 1. The summed E-state index contributed by atoms with van der Waals surface area (Å²) >= 11 is 1.49.